The Labute approximate surface area is 123 Å². The lowest BCUT2D eigenvalue weighted by Gasteiger charge is -2.10. The quantitative estimate of drug-likeness (QED) is 0.877. The molecule has 1 heterocycles. The van der Waals surface area contributed by atoms with Crippen LogP contribution in [0.5, 0.6) is 11.5 Å². The number of ether oxygens (including phenoxy) is 2. The Kier molecular flexibility index (Phi) is 4.94. The maximum absolute atomic E-state index is 8.86. The van der Waals surface area contributed by atoms with Gasteiger partial charge in [0, 0.05) is 12.6 Å². The Balaban J connectivity index is 2.04. The highest BCUT2D eigenvalue weighted by Gasteiger charge is 2.06. The van der Waals surface area contributed by atoms with Gasteiger partial charge in [-0.25, -0.2) is 4.98 Å². The van der Waals surface area contributed by atoms with Crippen LogP contribution in [-0.4, -0.2) is 23.6 Å². The van der Waals surface area contributed by atoms with Crippen molar-refractivity contribution in [3.63, 3.8) is 0 Å². The van der Waals surface area contributed by atoms with Gasteiger partial charge in [0.15, 0.2) is 11.5 Å². The first-order chi connectivity index (χ1) is 10.3. The zero-order valence-electron chi connectivity index (χ0n) is 12.0. The van der Waals surface area contributed by atoms with Crippen molar-refractivity contribution in [3.05, 3.63) is 41.9 Å². The van der Waals surface area contributed by atoms with Crippen molar-refractivity contribution in [3.8, 4) is 17.6 Å². The third-order valence-corrected chi connectivity index (χ3v) is 2.73. The molecule has 2 rings (SSSR count). The molecule has 0 spiro atoms. The van der Waals surface area contributed by atoms with E-state index in [0.29, 0.717) is 22.8 Å². The third-order valence-electron chi connectivity index (χ3n) is 2.73. The lowest BCUT2D eigenvalue weighted by Crippen LogP contribution is -2.04. The molecule has 0 aliphatic carbocycles. The minimum atomic E-state index is 0.279. The van der Waals surface area contributed by atoms with E-state index >= 15 is 0 Å². The van der Waals surface area contributed by atoms with Gasteiger partial charge in [-0.15, -0.1) is 0 Å². The summed E-state index contributed by atoms with van der Waals surface area (Å²) >= 11 is 0. The summed E-state index contributed by atoms with van der Waals surface area (Å²) in [5.41, 5.74) is 1.23. The molecule has 1 aromatic carbocycles. The predicted molar refractivity (Wildman–Crippen MR) is 78.2 cm³/mol. The number of nitrogens with zero attached hydrogens (tertiary/aromatic N) is 3. The number of hydrogen-bond acceptors (Lipinski definition) is 6. The van der Waals surface area contributed by atoms with Gasteiger partial charge in [-0.05, 0) is 19.1 Å². The normalized spacial score (nSPS) is 9.76. The molecule has 0 saturated heterocycles. The summed E-state index contributed by atoms with van der Waals surface area (Å²) in [4.78, 5) is 8.48. The van der Waals surface area contributed by atoms with Crippen LogP contribution in [0.25, 0.3) is 0 Å². The highest BCUT2D eigenvalue weighted by molar-refractivity contribution is 5.46. The Morgan fingerprint density at radius 3 is 2.71 bits per heavy atom. The molecule has 0 radical (unpaired) electrons. The summed E-state index contributed by atoms with van der Waals surface area (Å²) in [5.74, 6) is 1.82. The molecule has 2 aromatic rings. The molecule has 0 atom stereocenters. The number of methoxy groups -OCH3 is 1. The molecule has 0 fully saturated rings. The van der Waals surface area contributed by atoms with E-state index in [4.69, 9.17) is 14.7 Å². The first kappa shape index (κ1) is 14.6. The highest BCUT2D eigenvalue weighted by Crippen LogP contribution is 2.28. The zero-order chi connectivity index (χ0) is 15.1. The first-order valence-corrected chi connectivity index (χ1v) is 6.52. The van der Waals surface area contributed by atoms with E-state index in [0.717, 1.165) is 12.4 Å². The van der Waals surface area contributed by atoms with Crippen molar-refractivity contribution >= 4 is 5.82 Å². The van der Waals surface area contributed by atoms with Gasteiger partial charge in [0.1, 0.15) is 12.4 Å². The van der Waals surface area contributed by atoms with Crippen LogP contribution in [0.4, 0.5) is 5.82 Å². The molecule has 1 N–H and O–H groups in total. The van der Waals surface area contributed by atoms with Gasteiger partial charge in [-0.1, -0.05) is 0 Å². The molecule has 0 amide bonds. The summed E-state index contributed by atoms with van der Waals surface area (Å²) in [6, 6.07) is 7.07. The van der Waals surface area contributed by atoms with Crippen LogP contribution >= 0.6 is 0 Å². The number of aromatic nitrogens is 2. The number of nitriles is 1. The lowest BCUT2D eigenvalue weighted by molar-refractivity contribution is 0.280. The topological polar surface area (TPSA) is 80.1 Å². The van der Waals surface area contributed by atoms with Crippen LogP contribution in [0.3, 0.4) is 0 Å². The minimum absolute atomic E-state index is 0.279. The number of nitrogens with one attached hydrogen (secondary N) is 1. The fraction of sp³-hybridized carbons (Fsp3) is 0.267. The Morgan fingerprint density at radius 1 is 1.24 bits per heavy atom. The molecule has 1 aromatic heterocycles. The molecular formula is C15H16N4O2. The number of benzene rings is 1. The van der Waals surface area contributed by atoms with Crippen LogP contribution in [0.1, 0.15) is 18.2 Å². The summed E-state index contributed by atoms with van der Waals surface area (Å²) in [5, 5.41) is 11.9. The lowest BCUT2D eigenvalue weighted by atomic mass is 10.2. The van der Waals surface area contributed by atoms with E-state index in [2.05, 4.69) is 21.4 Å². The highest BCUT2D eigenvalue weighted by atomic mass is 16.5. The molecule has 0 aliphatic rings. The summed E-state index contributed by atoms with van der Waals surface area (Å²) in [6.45, 7) is 3.07. The van der Waals surface area contributed by atoms with Crippen LogP contribution in [0.2, 0.25) is 0 Å². The molecule has 0 aliphatic heterocycles. The smallest absolute Gasteiger partial charge is 0.162 e. The summed E-state index contributed by atoms with van der Waals surface area (Å²) in [6.07, 6.45) is 3.33. The third kappa shape index (κ3) is 3.83. The van der Waals surface area contributed by atoms with Crippen LogP contribution in [0, 0.1) is 11.3 Å². The molecular weight excluding hydrogens is 268 g/mol. The van der Waals surface area contributed by atoms with Crippen LogP contribution in [0.15, 0.2) is 30.6 Å². The van der Waals surface area contributed by atoms with Gasteiger partial charge in [-0.3, -0.25) is 4.98 Å². The number of rotatable bonds is 6. The fourth-order valence-corrected chi connectivity index (χ4v) is 1.71. The van der Waals surface area contributed by atoms with Crippen molar-refractivity contribution in [2.24, 2.45) is 0 Å². The molecule has 108 valence electrons. The largest absolute Gasteiger partial charge is 0.493 e. The minimum Gasteiger partial charge on any atom is -0.493 e. The SMILES string of the molecule is CCNc1cnc(COc2ccc(C#N)cc2OC)cn1. The molecule has 6 heteroatoms. The number of hydrogen-bond donors (Lipinski definition) is 1. The maximum Gasteiger partial charge on any atom is 0.162 e. The second-order valence-corrected chi connectivity index (χ2v) is 4.19. The van der Waals surface area contributed by atoms with E-state index in [1.165, 1.54) is 7.11 Å². The van der Waals surface area contributed by atoms with Crippen LogP contribution < -0.4 is 14.8 Å². The van der Waals surface area contributed by atoms with E-state index in [1.807, 2.05) is 6.92 Å². The van der Waals surface area contributed by atoms with Crippen molar-refractivity contribution < 1.29 is 9.47 Å². The molecule has 21 heavy (non-hydrogen) atoms. The van der Waals surface area contributed by atoms with Crippen LogP contribution in [-0.2, 0) is 6.61 Å². The Bertz CT molecular complexity index is 635. The maximum atomic E-state index is 8.86. The molecule has 0 unspecified atom stereocenters. The van der Waals surface area contributed by atoms with Gasteiger partial charge in [0.25, 0.3) is 0 Å². The van der Waals surface area contributed by atoms with E-state index in [9.17, 15) is 0 Å². The average molecular weight is 284 g/mol. The number of anilines is 1. The van der Waals surface area contributed by atoms with Gasteiger partial charge in [-0.2, -0.15) is 5.26 Å². The second kappa shape index (κ2) is 7.10. The van der Waals surface area contributed by atoms with E-state index in [1.54, 1.807) is 30.6 Å². The molecule has 6 nitrogen and oxygen atoms in total. The average Bonchev–Trinajstić information content (AvgIpc) is 2.54. The van der Waals surface area contributed by atoms with Gasteiger partial charge in [0.2, 0.25) is 0 Å². The van der Waals surface area contributed by atoms with Gasteiger partial charge < -0.3 is 14.8 Å². The second-order valence-electron chi connectivity index (χ2n) is 4.19. The Morgan fingerprint density at radius 2 is 2.10 bits per heavy atom. The van der Waals surface area contributed by atoms with Crippen molar-refractivity contribution in [2.45, 2.75) is 13.5 Å². The predicted octanol–water partition coefficient (Wildman–Crippen LogP) is 2.37. The zero-order valence-corrected chi connectivity index (χ0v) is 12.0. The summed E-state index contributed by atoms with van der Waals surface area (Å²) < 4.78 is 10.9. The monoisotopic (exact) mass is 284 g/mol. The van der Waals surface area contributed by atoms with Crippen molar-refractivity contribution in [1.82, 2.24) is 9.97 Å². The Hall–Kier alpha value is -2.81. The van der Waals surface area contributed by atoms with Gasteiger partial charge >= 0.3 is 0 Å². The summed E-state index contributed by atoms with van der Waals surface area (Å²) in [7, 11) is 1.54. The first-order valence-electron chi connectivity index (χ1n) is 6.52. The van der Waals surface area contributed by atoms with Gasteiger partial charge in [0.05, 0.1) is 36.8 Å². The van der Waals surface area contributed by atoms with Crippen molar-refractivity contribution in [1.29, 1.82) is 5.26 Å². The fourth-order valence-electron chi connectivity index (χ4n) is 1.71. The van der Waals surface area contributed by atoms with Crippen molar-refractivity contribution in [2.75, 3.05) is 19.0 Å². The van der Waals surface area contributed by atoms with E-state index in [-0.39, 0.29) is 6.61 Å². The molecule has 0 saturated carbocycles. The van der Waals surface area contributed by atoms with E-state index < -0.39 is 0 Å². The standard InChI is InChI=1S/C15H16N4O2/c1-3-17-15-9-18-12(8-19-15)10-21-13-5-4-11(7-16)6-14(13)20-2/h4-6,8-9H,3,10H2,1-2H3,(H,17,19). The molecule has 0 bridgehead atoms.